The highest BCUT2D eigenvalue weighted by Gasteiger charge is 2.30. The van der Waals surface area contributed by atoms with Crippen LogP contribution in [-0.4, -0.2) is 48.0 Å². The van der Waals surface area contributed by atoms with Crippen molar-refractivity contribution in [3.8, 4) is 0 Å². The maximum Gasteiger partial charge on any atom is 0.317 e. The van der Waals surface area contributed by atoms with E-state index in [9.17, 15) is 9.59 Å². The number of amidine groups is 1. The summed E-state index contributed by atoms with van der Waals surface area (Å²) in [6, 6.07) is 8.01. The lowest BCUT2D eigenvalue weighted by Gasteiger charge is -2.35. The second-order valence-electron chi connectivity index (χ2n) is 8.78. The summed E-state index contributed by atoms with van der Waals surface area (Å²) in [6.07, 6.45) is 4.97. The fourth-order valence-corrected chi connectivity index (χ4v) is 4.42. The number of nitrogen functional groups attached to an aromatic ring is 1. The number of carbonyl (C=O) groups is 2. The van der Waals surface area contributed by atoms with Crippen molar-refractivity contribution >= 4 is 30.2 Å². The molecule has 2 fully saturated rings. The molecule has 0 atom stereocenters. The van der Waals surface area contributed by atoms with E-state index in [1.54, 1.807) is 0 Å². The molecule has 1 aromatic carbocycles. The van der Waals surface area contributed by atoms with Crippen LogP contribution in [0.3, 0.4) is 0 Å². The number of esters is 1. The van der Waals surface area contributed by atoms with Gasteiger partial charge in [0.25, 0.3) is 0 Å². The minimum absolute atomic E-state index is 0. The van der Waals surface area contributed by atoms with Gasteiger partial charge in [0.05, 0.1) is 12.0 Å². The van der Waals surface area contributed by atoms with Gasteiger partial charge in [-0.2, -0.15) is 0 Å². The van der Waals surface area contributed by atoms with Crippen LogP contribution in [0.25, 0.3) is 0 Å². The van der Waals surface area contributed by atoms with Crippen molar-refractivity contribution in [3.05, 3.63) is 35.4 Å². The molecule has 172 valence electrons. The van der Waals surface area contributed by atoms with Crippen molar-refractivity contribution < 1.29 is 14.3 Å². The van der Waals surface area contributed by atoms with Gasteiger partial charge in [0, 0.05) is 24.7 Å². The Balaban J connectivity index is 0.00000341. The van der Waals surface area contributed by atoms with E-state index >= 15 is 0 Å². The Bertz CT molecular complexity index is 753. The largest absolute Gasteiger partial charge is 0.463 e. The Kier molecular flexibility index (Phi) is 9.16. The number of ether oxygens (including phenoxy) is 1. The number of carbonyl (C=O) groups excluding carboxylic acids is 2. The molecule has 31 heavy (non-hydrogen) atoms. The second-order valence-corrected chi connectivity index (χ2v) is 8.78. The molecule has 7 nitrogen and oxygen atoms in total. The molecule has 0 bridgehead atoms. The van der Waals surface area contributed by atoms with Crippen molar-refractivity contribution in [2.45, 2.75) is 70.4 Å². The average molecular weight is 451 g/mol. The van der Waals surface area contributed by atoms with E-state index in [1.807, 2.05) is 43.0 Å². The number of hydrogen-bond donors (Lipinski definition) is 3. The lowest BCUT2D eigenvalue weighted by molar-refractivity contribution is -0.153. The van der Waals surface area contributed by atoms with Crippen LogP contribution in [-0.2, 0) is 9.53 Å². The molecule has 1 saturated heterocycles. The zero-order chi connectivity index (χ0) is 21.7. The Morgan fingerprint density at radius 3 is 2.16 bits per heavy atom. The van der Waals surface area contributed by atoms with Crippen LogP contribution in [0.5, 0.6) is 0 Å². The number of halogens is 1. The van der Waals surface area contributed by atoms with E-state index in [0.717, 1.165) is 57.2 Å². The minimum Gasteiger partial charge on any atom is -0.463 e. The highest BCUT2D eigenvalue weighted by molar-refractivity contribution is 5.94. The molecular weight excluding hydrogens is 416 g/mol. The maximum absolute atomic E-state index is 12.7. The van der Waals surface area contributed by atoms with Crippen molar-refractivity contribution in [1.29, 1.82) is 5.41 Å². The number of likely N-dealkylation sites (tertiary alicyclic amines) is 1. The van der Waals surface area contributed by atoms with Gasteiger partial charge >= 0.3 is 12.0 Å². The smallest absolute Gasteiger partial charge is 0.317 e. The number of urea groups is 1. The number of hydrogen-bond acceptors (Lipinski definition) is 4. The number of piperidine rings is 1. The van der Waals surface area contributed by atoms with Crippen LogP contribution in [0.4, 0.5) is 4.79 Å². The van der Waals surface area contributed by atoms with Crippen LogP contribution >= 0.6 is 12.4 Å². The second kappa shape index (κ2) is 11.4. The summed E-state index contributed by atoms with van der Waals surface area (Å²) in [6.45, 7) is 5.21. The van der Waals surface area contributed by atoms with Gasteiger partial charge in [-0.3, -0.25) is 10.2 Å². The minimum atomic E-state index is -0.104. The van der Waals surface area contributed by atoms with Crippen LogP contribution < -0.4 is 11.1 Å². The summed E-state index contributed by atoms with van der Waals surface area (Å²) in [7, 11) is 0. The Morgan fingerprint density at radius 2 is 1.65 bits per heavy atom. The summed E-state index contributed by atoms with van der Waals surface area (Å²) < 4.78 is 5.31. The van der Waals surface area contributed by atoms with Gasteiger partial charge in [0.2, 0.25) is 0 Å². The van der Waals surface area contributed by atoms with Gasteiger partial charge in [-0.1, -0.05) is 24.3 Å². The summed E-state index contributed by atoms with van der Waals surface area (Å²) >= 11 is 0. The zero-order valence-corrected chi connectivity index (χ0v) is 19.2. The molecule has 1 aliphatic carbocycles. The van der Waals surface area contributed by atoms with Gasteiger partial charge in [-0.15, -0.1) is 12.4 Å². The first-order chi connectivity index (χ1) is 14.3. The molecule has 4 N–H and O–H groups in total. The molecule has 1 saturated carbocycles. The first-order valence-corrected chi connectivity index (χ1v) is 11.0. The molecule has 1 heterocycles. The summed E-state index contributed by atoms with van der Waals surface area (Å²) in [5.74, 6) is 0.371. The lowest BCUT2D eigenvalue weighted by Crippen LogP contribution is -2.48. The monoisotopic (exact) mass is 450 g/mol. The maximum atomic E-state index is 12.7. The van der Waals surface area contributed by atoms with Crippen molar-refractivity contribution in [1.82, 2.24) is 10.2 Å². The highest BCUT2D eigenvalue weighted by atomic mass is 35.5. The van der Waals surface area contributed by atoms with E-state index < -0.39 is 0 Å². The molecule has 2 amide bonds. The fraction of sp³-hybridized carbons (Fsp3) is 0.609. The molecule has 1 aromatic rings. The Hall–Kier alpha value is -2.28. The van der Waals surface area contributed by atoms with Crippen LogP contribution in [0, 0.1) is 11.3 Å². The highest BCUT2D eigenvalue weighted by Crippen LogP contribution is 2.29. The fourth-order valence-electron chi connectivity index (χ4n) is 4.42. The Labute approximate surface area is 191 Å². The van der Waals surface area contributed by atoms with Gasteiger partial charge in [0.1, 0.15) is 5.84 Å². The number of nitrogens with two attached hydrogens (primary N) is 1. The number of nitrogens with one attached hydrogen (secondary N) is 2. The third-order valence-corrected chi connectivity index (χ3v) is 6.22. The average Bonchev–Trinajstić information content (AvgIpc) is 2.74. The number of amides is 2. The van der Waals surface area contributed by atoms with Gasteiger partial charge in [0.15, 0.2) is 0 Å². The zero-order valence-electron chi connectivity index (χ0n) is 18.4. The molecule has 0 radical (unpaired) electrons. The van der Waals surface area contributed by atoms with Gasteiger partial charge < -0.3 is 20.7 Å². The first kappa shape index (κ1) is 25.0. The summed E-state index contributed by atoms with van der Waals surface area (Å²) in [4.78, 5) is 26.6. The number of nitrogens with zero attached hydrogens (tertiary/aromatic N) is 1. The van der Waals surface area contributed by atoms with Gasteiger partial charge in [-0.25, -0.2) is 4.79 Å². The van der Waals surface area contributed by atoms with Crippen LogP contribution in [0.15, 0.2) is 24.3 Å². The molecule has 0 aromatic heterocycles. The molecule has 2 aliphatic rings. The van der Waals surface area contributed by atoms with E-state index in [4.69, 9.17) is 15.9 Å². The molecule has 3 rings (SSSR count). The van der Waals surface area contributed by atoms with E-state index in [1.165, 1.54) is 5.56 Å². The molecular formula is C23H35ClN4O3. The van der Waals surface area contributed by atoms with E-state index in [0.29, 0.717) is 5.92 Å². The quantitative estimate of drug-likeness (QED) is 0.360. The predicted molar refractivity (Wildman–Crippen MR) is 124 cm³/mol. The molecule has 1 aliphatic heterocycles. The first-order valence-electron chi connectivity index (χ1n) is 11.0. The lowest BCUT2D eigenvalue weighted by atomic mass is 9.86. The molecule has 0 spiro atoms. The summed E-state index contributed by atoms with van der Waals surface area (Å²) in [5, 5.41) is 10.7. The van der Waals surface area contributed by atoms with Crippen molar-refractivity contribution in [3.63, 3.8) is 0 Å². The summed E-state index contributed by atoms with van der Waals surface area (Å²) in [5.41, 5.74) is 7.50. The molecule has 0 unspecified atom stereocenters. The van der Waals surface area contributed by atoms with E-state index in [2.05, 4.69) is 5.32 Å². The third kappa shape index (κ3) is 6.86. The van der Waals surface area contributed by atoms with Crippen LogP contribution in [0.1, 0.15) is 69.4 Å². The molecule has 8 heteroatoms. The normalized spacial score (nSPS) is 21.8. The number of benzene rings is 1. The predicted octanol–water partition coefficient (Wildman–Crippen LogP) is 3.79. The van der Waals surface area contributed by atoms with Gasteiger partial charge in [-0.05, 0) is 63.9 Å². The topological polar surface area (TPSA) is 109 Å². The van der Waals surface area contributed by atoms with Crippen molar-refractivity contribution in [2.24, 2.45) is 11.7 Å². The Morgan fingerprint density at radius 1 is 1.06 bits per heavy atom. The van der Waals surface area contributed by atoms with Crippen molar-refractivity contribution in [2.75, 3.05) is 13.1 Å². The number of rotatable bonds is 5. The van der Waals surface area contributed by atoms with E-state index in [-0.39, 0.29) is 48.3 Å². The third-order valence-electron chi connectivity index (χ3n) is 6.22. The van der Waals surface area contributed by atoms with Crippen LogP contribution in [0.2, 0.25) is 0 Å². The SMILES string of the molecule is CC(C)OC(=O)C1CCC(NC(=O)N2CCC(c3ccc(C(=N)N)cc3)CC2)CC1.Cl. The standard InChI is InChI=1S/C23H34N4O3.ClH/c1-15(2)30-22(28)19-7-9-20(10-8-19)26-23(29)27-13-11-17(12-14-27)16-3-5-18(6-4-16)21(24)25;/h3-6,15,17,19-20H,7-14H2,1-2H3,(H3,24,25)(H,26,29);1H.